The Hall–Kier alpha value is -3.35. The number of carbonyl (C=O) groups excluding carboxylic acids is 3. The number of nitrogens with zero attached hydrogens (tertiary/aromatic N) is 5. The molecule has 0 spiro atoms. The summed E-state index contributed by atoms with van der Waals surface area (Å²) in [4.78, 5) is 51.5. The Morgan fingerprint density at radius 1 is 0.941 bits per heavy atom. The predicted octanol–water partition coefficient (Wildman–Crippen LogP) is 6.32. The van der Waals surface area contributed by atoms with E-state index in [-0.39, 0.29) is 51.3 Å². The van der Waals surface area contributed by atoms with Crippen LogP contribution in [0.5, 0.6) is 0 Å². The minimum absolute atomic E-state index is 0. The maximum atomic E-state index is 15.9. The van der Waals surface area contributed by atoms with E-state index in [4.69, 9.17) is 4.74 Å². The first-order valence-corrected chi connectivity index (χ1v) is 19.8. The number of benzene rings is 2. The number of hydrogen-bond donors (Lipinski definition) is 1. The molecule has 4 fully saturated rings. The summed E-state index contributed by atoms with van der Waals surface area (Å²) in [5.74, 6) is -0.0273. The standard InChI is InChI=1S/C39H53FN6O4S.3H2/c1-39(2,3)44-21-19-43(20-22-44)35-30(8-6-9-31(35)40)37-46(26-27-14-23-50-24-15-27)36(48)33(51-37)25-34(47)42-16-12-29(13-17-42)45-18-11-28-7-4-5-10-32(28)41-38(45)49;;;/h4-10,27,29,33,37H,11-26H2,1-3H3,(H,41,49);3*1H/t33-,37-;;;/m0.../s1. The Kier molecular flexibility index (Phi) is 10.8. The zero-order valence-corrected chi connectivity index (χ0v) is 31.1. The van der Waals surface area contributed by atoms with Crippen molar-refractivity contribution < 1.29 is 27.8 Å². The van der Waals surface area contributed by atoms with Crippen molar-refractivity contribution in [2.24, 2.45) is 5.92 Å². The topological polar surface area (TPSA) is 88.7 Å². The Morgan fingerprint density at radius 3 is 2.39 bits per heavy atom. The SMILES string of the molecule is CC(C)(C)N1CCN(c2c(F)cccc2[C@@H]2S[C@@H](CC(=O)N3CCC(N4CCc5ccccc5NC4=O)CC3)C(=O)N2CC2CCOCC2)CC1.[HH].[HH].[HH]. The highest BCUT2D eigenvalue weighted by Crippen LogP contribution is 2.48. The number of para-hydroxylation sites is 2. The number of fused-ring (bicyclic) bond motifs is 1. The Morgan fingerprint density at radius 2 is 1.67 bits per heavy atom. The maximum Gasteiger partial charge on any atom is 0.322 e. The second kappa shape index (κ2) is 15.3. The minimum Gasteiger partial charge on any atom is -0.381 e. The van der Waals surface area contributed by atoms with E-state index in [1.54, 1.807) is 6.07 Å². The van der Waals surface area contributed by atoms with Crippen LogP contribution in [-0.2, 0) is 20.7 Å². The lowest BCUT2D eigenvalue weighted by Crippen LogP contribution is -2.53. The molecule has 0 aliphatic carbocycles. The molecule has 2 aromatic rings. The van der Waals surface area contributed by atoms with E-state index in [1.165, 1.54) is 17.8 Å². The Bertz CT molecular complexity index is 1600. The minimum atomic E-state index is -0.538. The maximum absolute atomic E-state index is 15.9. The fraction of sp³-hybridized carbons (Fsp3) is 0.615. The van der Waals surface area contributed by atoms with E-state index in [9.17, 15) is 14.4 Å². The normalized spacial score (nSPS) is 24.5. The molecule has 0 aromatic heterocycles. The van der Waals surface area contributed by atoms with Gasteiger partial charge < -0.3 is 29.7 Å². The number of likely N-dealkylation sites (tertiary alicyclic amines) is 1. The van der Waals surface area contributed by atoms with Gasteiger partial charge in [-0.1, -0.05) is 30.3 Å². The third-order valence-corrected chi connectivity index (χ3v) is 13.0. The molecule has 0 unspecified atom stereocenters. The fourth-order valence-electron chi connectivity index (χ4n) is 8.48. The molecule has 0 radical (unpaired) electrons. The molecule has 1 N–H and O–H groups in total. The number of piperazine rings is 1. The van der Waals surface area contributed by atoms with E-state index in [1.807, 2.05) is 39.0 Å². The van der Waals surface area contributed by atoms with E-state index >= 15 is 4.39 Å². The van der Waals surface area contributed by atoms with Crippen molar-refractivity contribution in [3.8, 4) is 0 Å². The number of halogens is 1. The molecule has 10 nitrogen and oxygen atoms in total. The molecule has 2 aromatic carbocycles. The highest BCUT2D eigenvalue weighted by Gasteiger charge is 2.45. The van der Waals surface area contributed by atoms with E-state index in [2.05, 4.69) is 42.0 Å². The average Bonchev–Trinajstić information content (AvgIpc) is 3.31. The second-order valence-electron chi connectivity index (χ2n) is 15.7. The number of rotatable bonds is 7. The van der Waals surface area contributed by atoms with Gasteiger partial charge in [0.25, 0.3) is 0 Å². The Labute approximate surface area is 310 Å². The third kappa shape index (κ3) is 7.88. The summed E-state index contributed by atoms with van der Waals surface area (Å²) in [5, 5.41) is 2.16. The lowest BCUT2D eigenvalue weighted by atomic mass is 9.98. The fourth-order valence-corrected chi connectivity index (χ4v) is 9.95. The third-order valence-electron chi connectivity index (χ3n) is 11.5. The van der Waals surface area contributed by atoms with Crippen molar-refractivity contribution in [2.75, 3.05) is 75.8 Å². The lowest BCUT2D eigenvalue weighted by molar-refractivity contribution is -0.137. The number of carbonyl (C=O) groups is 3. The largest absolute Gasteiger partial charge is 0.381 e. The number of hydrogen-bond acceptors (Lipinski definition) is 7. The molecule has 5 heterocycles. The van der Waals surface area contributed by atoms with Gasteiger partial charge in [-0.15, -0.1) is 11.8 Å². The number of urea groups is 1. The summed E-state index contributed by atoms with van der Waals surface area (Å²) >= 11 is 1.51. The van der Waals surface area contributed by atoms with Gasteiger partial charge in [0.2, 0.25) is 11.8 Å². The zero-order valence-electron chi connectivity index (χ0n) is 30.3. The van der Waals surface area contributed by atoms with Gasteiger partial charge in [-0.3, -0.25) is 14.5 Å². The molecule has 4 amide bonds. The van der Waals surface area contributed by atoms with Crippen LogP contribution in [0.3, 0.4) is 0 Å². The van der Waals surface area contributed by atoms with E-state index in [0.717, 1.165) is 49.2 Å². The van der Waals surface area contributed by atoms with Crippen LogP contribution >= 0.6 is 11.8 Å². The molecule has 51 heavy (non-hydrogen) atoms. The van der Waals surface area contributed by atoms with Gasteiger partial charge in [0, 0.05) is 99.1 Å². The molecule has 12 heteroatoms. The average molecular weight is 727 g/mol. The molecule has 0 bridgehead atoms. The van der Waals surface area contributed by atoms with Gasteiger partial charge >= 0.3 is 6.03 Å². The number of thioether (sulfide) groups is 1. The van der Waals surface area contributed by atoms with Crippen LogP contribution in [-0.4, -0.2) is 120 Å². The van der Waals surface area contributed by atoms with Crippen LogP contribution in [0.4, 0.5) is 20.6 Å². The summed E-state index contributed by atoms with van der Waals surface area (Å²) in [6.45, 7) is 13.4. The molecular weight excluding hydrogens is 668 g/mol. The summed E-state index contributed by atoms with van der Waals surface area (Å²) < 4.78 is 21.5. The van der Waals surface area contributed by atoms with Gasteiger partial charge in [0.05, 0.1) is 10.9 Å². The summed E-state index contributed by atoms with van der Waals surface area (Å²) in [6, 6.07) is 13.2. The van der Waals surface area contributed by atoms with Crippen LogP contribution in [0.2, 0.25) is 0 Å². The van der Waals surface area contributed by atoms with Crippen LogP contribution in [0.25, 0.3) is 0 Å². The highest BCUT2D eigenvalue weighted by molar-refractivity contribution is 8.01. The van der Waals surface area contributed by atoms with Crippen molar-refractivity contribution in [3.63, 3.8) is 0 Å². The zero-order chi connectivity index (χ0) is 35.7. The van der Waals surface area contributed by atoms with Crippen LogP contribution < -0.4 is 10.2 Å². The highest BCUT2D eigenvalue weighted by atomic mass is 32.2. The van der Waals surface area contributed by atoms with Gasteiger partial charge in [-0.05, 0) is 76.5 Å². The van der Waals surface area contributed by atoms with Crippen molar-refractivity contribution in [1.82, 2.24) is 19.6 Å². The summed E-state index contributed by atoms with van der Waals surface area (Å²) in [5.41, 5.74) is 3.45. The van der Waals surface area contributed by atoms with Crippen molar-refractivity contribution in [3.05, 3.63) is 59.4 Å². The van der Waals surface area contributed by atoms with E-state index in [0.29, 0.717) is 76.9 Å². The molecule has 5 aliphatic heterocycles. The van der Waals surface area contributed by atoms with Crippen molar-refractivity contribution in [2.45, 2.75) is 81.5 Å². The number of nitrogens with one attached hydrogen (secondary N) is 1. The second-order valence-corrected chi connectivity index (χ2v) is 17.0. The smallest absolute Gasteiger partial charge is 0.322 e. The van der Waals surface area contributed by atoms with Gasteiger partial charge in [-0.25, -0.2) is 9.18 Å². The predicted molar refractivity (Wildman–Crippen MR) is 206 cm³/mol. The molecule has 0 saturated carbocycles. The monoisotopic (exact) mass is 726 g/mol. The first kappa shape index (κ1) is 36.0. The number of anilines is 2. The number of ether oxygens (including phenoxy) is 1. The van der Waals surface area contributed by atoms with E-state index < -0.39 is 5.25 Å². The van der Waals surface area contributed by atoms with Crippen molar-refractivity contribution >= 4 is 41.0 Å². The van der Waals surface area contributed by atoms with Gasteiger partial charge in [0.15, 0.2) is 0 Å². The lowest BCUT2D eigenvalue weighted by Gasteiger charge is -2.44. The molecular formula is C39H59FN6O4S. The molecule has 7 rings (SSSR count). The molecule has 2 atom stereocenters. The molecule has 4 saturated heterocycles. The first-order valence-electron chi connectivity index (χ1n) is 18.8. The molecule has 5 aliphatic rings. The van der Waals surface area contributed by atoms with Gasteiger partial charge in [-0.2, -0.15) is 0 Å². The van der Waals surface area contributed by atoms with Crippen LogP contribution in [0.15, 0.2) is 42.5 Å². The van der Waals surface area contributed by atoms with Crippen LogP contribution in [0.1, 0.15) is 73.7 Å². The summed E-state index contributed by atoms with van der Waals surface area (Å²) in [7, 11) is 0. The van der Waals surface area contributed by atoms with Crippen LogP contribution in [0, 0.1) is 11.7 Å². The number of amides is 4. The Balaban J connectivity index is 0.00000217. The van der Waals surface area contributed by atoms with Gasteiger partial charge in [0.1, 0.15) is 11.2 Å². The number of piperidine rings is 1. The quantitative estimate of drug-likeness (QED) is 0.357. The summed E-state index contributed by atoms with van der Waals surface area (Å²) in [6.07, 6.45) is 4.07. The molecule has 282 valence electrons. The first-order chi connectivity index (χ1) is 24.6. The van der Waals surface area contributed by atoms with Crippen molar-refractivity contribution in [1.29, 1.82) is 0 Å².